The van der Waals surface area contributed by atoms with Gasteiger partial charge in [0.15, 0.2) is 0 Å². The van der Waals surface area contributed by atoms with Crippen LogP contribution in [0.15, 0.2) is 36.2 Å². The number of hydrogen-bond acceptors (Lipinski definition) is 0. The Bertz CT molecular complexity index is 260. The standard InChI is InChI=1S/C10H11F/c1-10-6-2-4-8(10)9(11)5-3-7-10/h2-5,7-8H,6H2,1H3/t8?,10-/m1/s1. The van der Waals surface area contributed by atoms with E-state index in [1.54, 1.807) is 6.08 Å². The topological polar surface area (TPSA) is 0 Å². The van der Waals surface area contributed by atoms with Crippen molar-refractivity contribution < 1.29 is 4.39 Å². The Labute approximate surface area is 66.1 Å². The molecule has 58 valence electrons. The molecule has 0 aromatic heterocycles. The molecule has 0 aromatic rings. The van der Waals surface area contributed by atoms with Gasteiger partial charge in [0, 0.05) is 11.3 Å². The van der Waals surface area contributed by atoms with Gasteiger partial charge in [0.2, 0.25) is 0 Å². The Morgan fingerprint density at radius 1 is 1.64 bits per heavy atom. The Morgan fingerprint density at radius 2 is 2.45 bits per heavy atom. The number of rotatable bonds is 0. The van der Waals surface area contributed by atoms with Crippen LogP contribution in [0.4, 0.5) is 4.39 Å². The summed E-state index contributed by atoms with van der Waals surface area (Å²) >= 11 is 0. The predicted molar refractivity (Wildman–Crippen MR) is 43.7 cm³/mol. The third-order valence-corrected chi connectivity index (χ3v) is 2.63. The van der Waals surface area contributed by atoms with Crippen LogP contribution < -0.4 is 0 Å². The number of allylic oxidation sites excluding steroid dienone is 6. The van der Waals surface area contributed by atoms with E-state index < -0.39 is 0 Å². The lowest BCUT2D eigenvalue weighted by Gasteiger charge is -2.29. The van der Waals surface area contributed by atoms with Gasteiger partial charge in [-0.15, -0.1) is 0 Å². The number of hydrogen-bond donors (Lipinski definition) is 0. The molecule has 0 fully saturated rings. The van der Waals surface area contributed by atoms with E-state index in [0.29, 0.717) is 0 Å². The van der Waals surface area contributed by atoms with Crippen LogP contribution in [-0.2, 0) is 0 Å². The van der Waals surface area contributed by atoms with E-state index >= 15 is 0 Å². The molecular weight excluding hydrogens is 139 g/mol. The average molecular weight is 150 g/mol. The Hall–Kier alpha value is -0.850. The molecule has 0 aliphatic heterocycles. The van der Waals surface area contributed by atoms with Crippen molar-refractivity contribution in [3.63, 3.8) is 0 Å². The second kappa shape index (κ2) is 2.07. The van der Waals surface area contributed by atoms with Crippen LogP contribution in [0, 0.1) is 11.3 Å². The van der Waals surface area contributed by atoms with E-state index in [1.165, 1.54) is 0 Å². The molecule has 1 unspecified atom stereocenters. The van der Waals surface area contributed by atoms with Crippen molar-refractivity contribution in [3.8, 4) is 0 Å². The summed E-state index contributed by atoms with van der Waals surface area (Å²) in [6.07, 6.45) is 10.5. The molecule has 2 rings (SSSR count). The molecule has 2 atom stereocenters. The molecule has 0 bridgehead atoms. The maximum atomic E-state index is 13.1. The third-order valence-electron chi connectivity index (χ3n) is 2.63. The first-order valence-corrected chi connectivity index (χ1v) is 3.94. The summed E-state index contributed by atoms with van der Waals surface area (Å²) in [7, 11) is 0. The monoisotopic (exact) mass is 150 g/mol. The molecule has 11 heavy (non-hydrogen) atoms. The van der Waals surface area contributed by atoms with E-state index in [2.05, 4.69) is 19.1 Å². The van der Waals surface area contributed by atoms with Gasteiger partial charge >= 0.3 is 0 Å². The molecule has 1 heteroatoms. The maximum Gasteiger partial charge on any atom is 0.108 e. The van der Waals surface area contributed by atoms with Gasteiger partial charge in [0.1, 0.15) is 5.83 Å². The zero-order valence-electron chi connectivity index (χ0n) is 6.55. The lowest BCUT2D eigenvalue weighted by molar-refractivity contribution is 0.323. The average Bonchev–Trinajstić information content (AvgIpc) is 2.31. The minimum atomic E-state index is 0.00347. The Morgan fingerprint density at radius 3 is 3.18 bits per heavy atom. The summed E-state index contributed by atoms with van der Waals surface area (Å²) < 4.78 is 13.1. The largest absolute Gasteiger partial charge is 0.211 e. The molecule has 0 spiro atoms. The summed E-state index contributed by atoms with van der Waals surface area (Å²) in [5.41, 5.74) is 0.0266. The second-order valence-electron chi connectivity index (χ2n) is 3.53. The zero-order valence-corrected chi connectivity index (χ0v) is 6.55. The number of halogens is 1. The Kier molecular flexibility index (Phi) is 1.28. The fourth-order valence-electron chi connectivity index (χ4n) is 1.85. The highest BCUT2D eigenvalue weighted by molar-refractivity contribution is 5.31. The molecule has 2 aliphatic rings. The van der Waals surface area contributed by atoms with Gasteiger partial charge in [-0.25, -0.2) is 4.39 Å². The van der Waals surface area contributed by atoms with Crippen LogP contribution >= 0.6 is 0 Å². The molecule has 0 heterocycles. The molecule has 0 N–H and O–H groups in total. The first kappa shape index (κ1) is 6.84. The molecule has 0 aromatic carbocycles. The molecule has 0 amide bonds. The van der Waals surface area contributed by atoms with Crippen molar-refractivity contribution in [3.05, 3.63) is 36.2 Å². The van der Waals surface area contributed by atoms with Crippen LogP contribution in [0.5, 0.6) is 0 Å². The van der Waals surface area contributed by atoms with Gasteiger partial charge in [-0.05, 0) is 12.5 Å². The fraction of sp³-hybridized carbons (Fsp3) is 0.400. The zero-order chi connectivity index (χ0) is 7.90. The van der Waals surface area contributed by atoms with E-state index in [0.717, 1.165) is 6.42 Å². The summed E-state index contributed by atoms with van der Waals surface area (Å²) in [6, 6.07) is 0. The third kappa shape index (κ3) is 0.873. The fourth-order valence-corrected chi connectivity index (χ4v) is 1.85. The lowest BCUT2D eigenvalue weighted by atomic mass is 9.76. The Balaban J connectivity index is 2.40. The SMILES string of the molecule is C[C@@]12C=CC=C(F)C1C=CC2. The highest BCUT2D eigenvalue weighted by Crippen LogP contribution is 2.45. The molecule has 0 nitrogen and oxygen atoms in total. The van der Waals surface area contributed by atoms with E-state index in [1.807, 2.05) is 12.2 Å². The lowest BCUT2D eigenvalue weighted by Crippen LogP contribution is -2.21. The summed E-state index contributed by atoms with van der Waals surface area (Å²) in [6.45, 7) is 2.10. The van der Waals surface area contributed by atoms with Crippen molar-refractivity contribution in [1.29, 1.82) is 0 Å². The summed E-state index contributed by atoms with van der Waals surface area (Å²) in [4.78, 5) is 0. The van der Waals surface area contributed by atoms with Crippen LogP contribution in [0.1, 0.15) is 13.3 Å². The van der Waals surface area contributed by atoms with Crippen LogP contribution in [0.3, 0.4) is 0 Å². The molecule has 0 saturated heterocycles. The first-order valence-electron chi connectivity index (χ1n) is 3.94. The smallest absolute Gasteiger partial charge is 0.108 e. The van der Waals surface area contributed by atoms with Crippen LogP contribution in [0.25, 0.3) is 0 Å². The van der Waals surface area contributed by atoms with Crippen LogP contribution in [0.2, 0.25) is 0 Å². The normalized spacial score (nSPS) is 40.5. The molecule has 0 radical (unpaired) electrons. The van der Waals surface area contributed by atoms with Crippen molar-refractivity contribution >= 4 is 0 Å². The number of fused-ring (bicyclic) bond motifs is 1. The molecule has 0 saturated carbocycles. The van der Waals surface area contributed by atoms with E-state index in [4.69, 9.17) is 0 Å². The van der Waals surface area contributed by atoms with Crippen molar-refractivity contribution in [2.75, 3.05) is 0 Å². The molecule has 2 aliphatic carbocycles. The van der Waals surface area contributed by atoms with Gasteiger partial charge in [0.05, 0.1) is 0 Å². The van der Waals surface area contributed by atoms with E-state index in [9.17, 15) is 4.39 Å². The van der Waals surface area contributed by atoms with Gasteiger partial charge in [-0.3, -0.25) is 0 Å². The highest BCUT2D eigenvalue weighted by atomic mass is 19.1. The van der Waals surface area contributed by atoms with Crippen molar-refractivity contribution in [2.45, 2.75) is 13.3 Å². The van der Waals surface area contributed by atoms with Gasteiger partial charge < -0.3 is 0 Å². The second-order valence-corrected chi connectivity index (χ2v) is 3.53. The quantitative estimate of drug-likeness (QED) is 0.466. The van der Waals surface area contributed by atoms with Gasteiger partial charge in [-0.1, -0.05) is 31.2 Å². The van der Waals surface area contributed by atoms with Crippen molar-refractivity contribution in [1.82, 2.24) is 0 Å². The van der Waals surface area contributed by atoms with Gasteiger partial charge in [0.25, 0.3) is 0 Å². The van der Waals surface area contributed by atoms with Crippen LogP contribution in [-0.4, -0.2) is 0 Å². The van der Waals surface area contributed by atoms with Crippen molar-refractivity contribution in [2.24, 2.45) is 11.3 Å². The highest BCUT2D eigenvalue weighted by Gasteiger charge is 2.36. The minimum Gasteiger partial charge on any atom is -0.211 e. The van der Waals surface area contributed by atoms with Gasteiger partial charge in [-0.2, -0.15) is 0 Å². The van der Waals surface area contributed by atoms with E-state index in [-0.39, 0.29) is 17.2 Å². The predicted octanol–water partition coefficient (Wildman–Crippen LogP) is 2.99. The summed E-state index contributed by atoms with van der Waals surface area (Å²) in [5, 5.41) is 0. The summed E-state index contributed by atoms with van der Waals surface area (Å²) in [5.74, 6) is 0.0104. The molecular formula is C10H11F. The first-order chi connectivity index (χ1) is 5.22. The minimum absolute atomic E-state index is 0.00347. The maximum absolute atomic E-state index is 13.1.